The van der Waals surface area contributed by atoms with Gasteiger partial charge < -0.3 is 55.4 Å². The number of benzene rings is 2. The molecule has 14 nitrogen and oxygen atoms in total. The minimum atomic E-state index is -2.60. The largest absolute Gasteiger partial charge is 0.504 e. The Bertz CT molecular complexity index is 1140. The van der Waals surface area contributed by atoms with Gasteiger partial charge in [-0.3, -0.25) is 0 Å². The van der Waals surface area contributed by atoms with E-state index in [4.69, 9.17) is 9.47 Å². The van der Waals surface area contributed by atoms with E-state index in [-0.39, 0.29) is 0 Å². The van der Waals surface area contributed by atoms with Crippen LogP contribution < -0.4 is 0 Å². The number of aliphatic hydroxyl groups excluding tert-OH is 1. The second kappa shape index (κ2) is 9.08. The molecular formula is C21H20O14. The van der Waals surface area contributed by atoms with Gasteiger partial charge in [0.2, 0.25) is 0 Å². The molecule has 1 aliphatic carbocycles. The Kier molecular flexibility index (Phi) is 6.53. The lowest BCUT2D eigenvalue weighted by atomic mass is 9.79. The van der Waals surface area contributed by atoms with Gasteiger partial charge in [-0.25, -0.2) is 14.4 Å². The van der Waals surface area contributed by atoms with Gasteiger partial charge in [-0.15, -0.1) is 0 Å². The molecule has 0 heterocycles. The summed E-state index contributed by atoms with van der Waals surface area (Å²) in [6, 6.07) is 2.87. The Balaban J connectivity index is 1.91. The van der Waals surface area contributed by atoms with Crippen LogP contribution in [0.3, 0.4) is 0 Å². The van der Waals surface area contributed by atoms with Crippen LogP contribution in [0, 0.1) is 0 Å². The maximum atomic E-state index is 12.6. The zero-order valence-electron chi connectivity index (χ0n) is 17.5. The number of hydrogen-bond acceptors (Lipinski definition) is 13. The zero-order valence-corrected chi connectivity index (χ0v) is 17.5. The second-order valence-corrected chi connectivity index (χ2v) is 7.85. The number of carboxylic acid groups (broad SMARTS) is 1. The van der Waals surface area contributed by atoms with E-state index in [0.29, 0.717) is 12.1 Å². The average molecular weight is 496 g/mol. The predicted octanol–water partition coefficient (Wildman–Crippen LogP) is -0.358. The molecule has 14 heteroatoms. The smallest absolute Gasteiger partial charge is 0.338 e. The highest BCUT2D eigenvalue weighted by Crippen LogP contribution is 2.38. The average Bonchev–Trinajstić information content (AvgIpc) is 2.77. The number of ether oxygens (including phenoxy) is 2. The first kappa shape index (κ1) is 25.2. The van der Waals surface area contributed by atoms with Crippen LogP contribution in [0.1, 0.15) is 33.6 Å². The molecule has 3 rings (SSSR count). The monoisotopic (exact) mass is 496 g/mol. The molecule has 0 radical (unpaired) electrons. The third-order valence-corrected chi connectivity index (χ3v) is 5.34. The second-order valence-electron chi connectivity index (χ2n) is 7.85. The van der Waals surface area contributed by atoms with Crippen LogP contribution in [0.25, 0.3) is 0 Å². The van der Waals surface area contributed by atoms with E-state index < -0.39 is 100 Å². The molecule has 2 aromatic rings. The van der Waals surface area contributed by atoms with Crippen molar-refractivity contribution in [1.82, 2.24) is 0 Å². The van der Waals surface area contributed by atoms with E-state index in [1.165, 1.54) is 0 Å². The van der Waals surface area contributed by atoms with Crippen LogP contribution in [0.5, 0.6) is 34.5 Å². The molecule has 0 aliphatic heterocycles. The number of aliphatic carboxylic acids is 1. The summed E-state index contributed by atoms with van der Waals surface area (Å²) in [4.78, 5) is 36.6. The first-order chi connectivity index (χ1) is 16.2. The third-order valence-electron chi connectivity index (χ3n) is 5.34. The molecule has 4 atom stereocenters. The quantitative estimate of drug-likeness (QED) is 0.189. The Labute approximate surface area is 195 Å². The van der Waals surface area contributed by atoms with Gasteiger partial charge in [0.25, 0.3) is 0 Å². The molecule has 0 unspecified atom stereocenters. The number of carbonyl (C=O) groups is 3. The van der Waals surface area contributed by atoms with Crippen molar-refractivity contribution in [3.8, 4) is 34.5 Å². The van der Waals surface area contributed by atoms with E-state index in [1.807, 2.05) is 0 Å². The van der Waals surface area contributed by atoms with E-state index in [2.05, 4.69) is 0 Å². The Morgan fingerprint density at radius 1 is 0.743 bits per heavy atom. The molecule has 1 saturated carbocycles. The van der Waals surface area contributed by atoms with Crippen molar-refractivity contribution in [3.63, 3.8) is 0 Å². The maximum Gasteiger partial charge on any atom is 0.338 e. The third kappa shape index (κ3) is 4.92. The van der Waals surface area contributed by atoms with E-state index in [0.717, 1.165) is 12.1 Å². The summed E-state index contributed by atoms with van der Waals surface area (Å²) >= 11 is 0. The van der Waals surface area contributed by atoms with Gasteiger partial charge in [-0.2, -0.15) is 0 Å². The molecular weight excluding hydrogens is 476 g/mol. The Morgan fingerprint density at radius 3 is 1.54 bits per heavy atom. The summed E-state index contributed by atoms with van der Waals surface area (Å²) in [5.41, 5.74) is -3.61. The number of aliphatic hydroxyl groups is 2. The fourth-order valence-corrected chi connectivity index (χ4v) is 3.52. The molecule has 2 aromatic carbocycles. The number of phenols is 6. The van der Waals surface area contributed by atoms with Gasteiger partial charge in [0.05, 0.1) is 17.2 Å². The molecule has 1 fully saturated rings. The lowest BCUT2D eigenvalue weighted by molar-refractivity contribution is -0.187. The summed E-state index contributed by atoms with van der Waals surface area (Å²) in [5, 5.41) is 87.3. The fourth-order valence-electron chi connectivity index (χ4n) is 3.52. The predicted molar refractivity (Wildman–Crippen MR) is 109 cm³/mol. The molecule has 188 valence electrons. The minimum Gasteiger partial charge on any atom is -0.504 e. The van der Waals surface area contributed by atoms with Crippen LogP contribution in [-0.2, 0) is 14.3 Å². The highest BCUT2D eigenvalue weighted by molar-refractivity contribution is 5.92. The lowest BCUT2D eigenvalue weighted by Crippen LogP contribution is -2.58. The number of phenolic OH excluding ortho intramolecular Hbond substituents is 6. The van der Waals surface area contributed by atoms with Gasteiger partial charge in [0.15, 0.2) is 46.2 Å². The highest BCUT2D eigenvalue weighted by atomic mass is 16.6. The summed E-state index contributed by atoms with van der Waals surface area (Å²) in [5.74, 6) is -9.76. The molecule has 0 aromatic heterocycles. The van der Waals surface area contributed by atoms with Crippen molar-refractivity contribution in [2.24, 2.45) is 0 Å². The SMILES string of the molecule is O=C(O[C@@H]1[C@H](O)C[C@](O)(C(=O)O)C[C@H]1OC(=O)c1cc(O)c(O)c(O)c1)c1cc(O)c(O)c(O)c1. The van der Waals surface area contributed by atoms with Crippen molar-refractivity contribution in [2.45, 2.75) is 36.8 Å². The van der Waals surface area contributed by atoms with E-state index >= 15 is 0 Å². The van der Waals surface area contributed by atoms with Crippen molar-refractivity contribution in [3.05, 3.63) is 35.4 Å². The van der Waals surface area contributed by atoms with Gasteiger partial charge in [0, 0.05) is 12.8 Å². The van der Waals surface area contributed by atoms with Gasteiger partial charge in [0.1, 0.15) is 6.10 Å². The first-order valence-corrected chi connectivity index (χ1v) is 9.79. The van der Waals surface area contributed by atoms with Crippen LogP contribution in [0.15, 0.2) is 24.3 Å². The number of carbonyl (C=O) groups excluding carboxylic acids is 2. The van der Waals surface area contributed by atoms with Crippen molar-refractivity contribution in [1.29, 1.82) is 0 Å². The van der Waals surface area contributed by atoms with Crippen LogP contribution in [0.2, 0.25) is 0 Å². The molecule has 1 aliphatic rings. The lowest BCUT2D eigenvalue weighted by Gasteiger charge is -2.40. The number of hydrogen-bond donors (Lipinski definition) is 9. The summed E-state index contributed by atoms with van der Waals surface area (Å²) < 4.78 is 10.2. The van der Waals surface area contributed by atoms with Crippen molar-refractivity contribution < 1.29 is 69.8 Å². The van der Waals surface area contributed by atoms with Crippen molar-refractivity contribution >= 4 is 17.9 Å². The van der Waals surface area contributed by atoms with Crippen LogP contribution in [-0.4, -0.2) is 87.8 Å². The van der Waals surface area contributed by atoms with E-state index in [1.54, 1.807) is 0 Å². The molecule has 0 amide bonds. The van der Waals surface area contributed by atoms with E-state index in [9.17, 15) is 60.3 Å². The van der Waals surface area contributed by atoms with Crippen molar-refractivity contribution in [2.75, 3.05) is 0 Å². The summed E-state index contributed by atoms with van der Waals surface area (Å²) in [6.07, 6.45) is -7.11. The Morgan fingerprint density at radius 2 is 1.14 bits per heavy atom. The van der Waals surface area contributed by atoms with Crippen LogP contribution in [0.4, 0.5) is 0 Å². The highest BCUT2D eigenvalue weighted by Gasteiger charge is 2.52. The van der Waals surface area contributed by atoms with Crippen LogP contribution >= 0.6 is 0 Å². The summed E-state index contributed by atoms with van der Waals surface area (Å²) in [7, 11) is 0. The standard InChI is InChI=1S/C21H20O14/c22-9-1-7(2-10(23)15(9)27)18(29)34-14-6-21(33,20(31)32)5-13(26)17(14)35-19(30)8-3-11(24)16(28)12(25)4-8/h1-4,13-14,17,22-28,33H,5-6H2,(H,31,32)/t13-,14-,17-,21-/m1/s1. The minimum absolute atomic E-state index is 0.498. The van der Waals surface area contributed by atoms with Gasteiger partial charge in [-0.05, 0) is 24.3 Å². The number of rotatable bonds is 5. The molecule has 0 spiro atoms. The fraction of sp³-hybridized carbons (Fsp3) is 0.286. The molecule has 0 bridgehead atoms. The molecule has 9 N–H and O–H groups in total. The Hall–Kier alpha value is -4.43. The number of esters is 2. The maximum absolute atomic E-state index is 12.6. The number of carboxylic acids is 1. The number of aromatic hydroxyl groups is 6. The topological polar surface area (TPSA) is 252 Å². The zero-order chi connectivity index (χ0) is 26.2. The first-order valence-electron chi connectivity index (χ1n) is 9.79. The normalized spacial score (nSPS) is 23.9. The molecule has 35 heavy (non-hydrogen) atoms. The van der Waals surface area contributed by atoms with Gasteiger partial charge in [-0.1, -0.05) is 0 Å². The van der Waals surface area contributed by atoms with Gasteiger partial charge >= 0.3 is 17.9 Å². The molecule has 0 saturated heterocycles. The summed E-state index contributed by atoms with van der Waals surface area (Å²) in [6.45, 7) is 0.